The van der Waals surface area contributed by atoms with Crippen LogP contribution < -0.4 is 15.2 Å². The molecule has 0 N–H and O–H groups in total. The molecule has 1 atom stereocenters. The molecule has 0 spiro atoms. The van der Waals surface area contributed by atoms with Gasteiger partial charge in [-0.15, -0.1) is 0 Å². The number of pyridine rings is 2. The molecule has 0 aliphatic carbocycles. The molecule has 0 aliphatic rings. The third kappa shape index (κ3) is 5.03. The van der Waals surface area contributed by atoms with Gasteiger partial charge in [-0.1, -0.05) is 0 Å². The fourth-order valence-electron chi connectivity index (χ4n) is 4.01. The maximum Gasteiger partial charge on any atom is 0.330 e. The highest BCUT2D eigenvalue weighted by Gasteiger charge is 2.28. The molecule has 196 valence electrons. The summed E-state index contributed by atoms with van der Waals surface area (Å²) in [6.45, 7) is 2.01. The first-order valence-corrected chi connectivity index (χ1v) is 13.1. The molecule has 0 aliphatic heterocycles. The smallest absolute Gasteiger partial charge is 0.330 e. The first kappa shape index (κ1) is 26.2. The zero-order chi connectivity index (χ0) is 27.1. The van der Waals surface area contributed by atoms with E-state index in [0.29, 0.717) is 17.9 Å². The topological polar surface area (TPSA) is 105 Å². The minimum atomic E-state index is -3.64. The molecule has 37 heavy (non-hydrogen) atoms. The van der Waals surface area contributed by atoms with Gasteiger partial charge in [-0.25, -0.2) is 36.4 Å². The van der Waals surface area contributed by atoms with Gasteiger partial charge in [0.2, 0.25) is 0 Å². The van der Waals surface area contributed by atoms with Crippen LogP contribution in [0.2, 0.25) is 0 Å². The van der Waals surface area contributed by atoms with Gasteiger partial charge in [0.05, 0.1) is 36.7 Å². The zero-order valence-corrected chi connectivity index (χ0v) is 21.1. The first-order valence-electron chi connectivity index (χ1n) is 11.0. The summed E-state index contributed by atoms with van der Waals surface area (Å²) in [4.78, 5) is 22.1. The molecule has 9 nitrogen and oxygen atoms in total. The Morgan fingerprint density at radius 2 is 1.78 bits per heavy atom. The molecule has 0 saturated heterocycles. The molecular formula is C24H23F3N4O5S. The largest absolute Gasteiger partial charge is 0.491 e. The van der Waals surface area contributed by atoms with E-state index in [1.807, 2.05) is 0 Å². The number of sulfone groups is 1. The van der Waals surface area contributed by atoms with E-state index in [9.17, 15) is 26.4 Å². The number of aryl methyl sites for hydroxylation is 1. The van der Waals surface area contributed by atoms with Gasteiger partial charge in [0.25, 0.3) is 5.88 Å². The Balaban J connectivity index is 1.94. The molecule has 13 heteroatoms. The standard InChI is InChI=1S/C24H23F3N4O5S/c1-5-36-23-21(35-3)7-6-18(29-23)20(12-37(4,33)34)31-22-19(30(2)24(31)32)8-13(11-28-22)14-9-16(26)17(27)10-15(14)25/h6-11,20H,5,12H2,1-4H3/t20-/m1/s1. The summed E-state index contributed by atoms with van der Waals surface area (Å²) in [5.41, 5.74) is -0.263. The molecule has 0 radical (unpaired) electrons. The van der Waals surface area contributed by atoms with Crippen LogP contribution in [-0.4, -0.2) is 53.2 Å². The van der Waals surface area contributed by atoms with Gasteiger partial charge in [-0.2, -0.15) is 0 Å². The van der Waals surface area contributed by atoms with Crippen LogP contribution in [0.1, 0.15) is 18.7 Å². The highest BCUT2D eigenvalue weighted by atomic mass is 32.2. The van der Waals surface area contributed by atoms with Gasteiger partial charge >= 0.3 is 5.69 Å². The SMILES string of the molecule is CCOc1nc([C@@H](CS(C)(=O)=O)n2c(=O)n(C)c3cc(-c4cc(F)c(F)cc4F)cnc32)ccc1OC. The Hall–Kier alpha value is -3.87. The Morgan fingerprint density at radius 1 is 1.08 bits per heavy atom. The summed E-state index contributed by atoms with van der Waals surface area (Å²) in [5, 5.41) is 0. The molecule has 3 heterocycles. The van der Waals surface area contributed by atoms with Crippen LogP contribution in [0, 0.1) is 17.5 Å². The zero-order valence-electron chi connectivity index (χ0n) is 20.3. The molecule has 3 aromatic heterocycles. The third-order valence-corrected chi connectivity index (χ3v) is 6.63. The van der Waals surface area contributed by atoms with E-state index in [0.717, 1.165) is 6.26 Å². The molecule has 0 unspecified atom stereocenters. The second-order valence-electron chi connectivity index (χ2n) is 8.31. The fraction of sp³-hybridized carbons (Fsp3) is 0.292. The van der Waals surface area contributed by atoms with Gasteiger partial charge in [0.15, 0.2) is 23.0 Å². The van der Waals surface area contributed by atoms with Crippen molar-refractivity contribution in [1.29, 1.82) is 0 Å². The van der Waals surface area contributed by atoms with E-state index in [2.05, 4.69) is 9.97 Å². The summed E-state index contributed by atoms with van der Waals surface area (Å²) < 4.78 is 79.5. The van der Waals surface area contributed by atoms with Crippen LogP contribution in [-0.2, 0) is 16.9 Å². The van der Waals surface area contributed by atoms with Crippen molar-refractivity contribution in [3.63, 3.8) is 0 Å². The Bertz CT molecular complexity index is 1670. The number of halogens is 3. The highest BCUT2D eigenvalue weighted by Crippen LogP contribution is 2.31. The highest BCUT2D eigenvalue weighted by molar-refractivity contribution is 7.90. The van der Waals surface area contributed by atoms with Gasteiger partial charge in [0.1, 0.15) is 15.7 Å². The van der Waals surface area contributed by atoms with E-state index >= 15 is 0 Å². The second-order valence-corrected chi connectivity index (χ2v) is 10.5. The number of ether oxygens (including phenoxy) is 2. The lowest BCUT2D eigenvalue weighted by molar-refractivity contribution is 0.296. The monoisotopic (exact) mass is 536 g/mol. The van der Waals surface area contributed by atoms with E-state index in [1.165, 1.54) is 41.6 Å². The van der Waals surface area contributed by atoms with Crippen LogP contribution in [0.15, 0.2) is 41.3 Å². The average Bonchev–Trinajstić information content (AvgIpc) is 3.09. The van der Waals surface area contributed by atoms with Gasteiger partial charge in [0, 0.05) is 36.7 Å². The Kier molecular flexibility index (Phi) is 7.00. The minimum absolute atomic E-state index is 0.0865. The average molecular weight is 537 g/mol. The van der Waals surface area contributed by atoms with Crippen LogP contribution >= 0.6 is 0 Å². The van der Waals surface area contributed by atoms with Crippen LogP contribution in [0.3, 0.4) is 0 Å². The molecule has 0 bridgehead atoms. The molecule has 0 amide bonds. The molecule has 1 aromatic carbocycles. The van der Waals surface area contributed by atoms with Crippen LogP contribution in [0.5, 0.6) is 11.6 Å². The Labute approximate surface area is 210 Å². The van der Waals surface area contributed by atoms with Gasteiger partial charge in [-0.05, 0) is 31.2 Å². The van der Waals surface area contributed by atoms with E-state index in [1.54, 1.807) is 13.0 Å². The number of rotatable bonds is 8. The fourth-order valence-corrected chi connectivity index (χ4v) is 4.90. The first-order chi connectivity index (χ1) is 17.4. The molecule has 4 rings (SSSR count). The summed E-state index contributed by atoms with van der Waals surface area (Å²) in [6.07, 6.45) is 2.22. The number of nitrogens with zero attached hydrogens (tertiary/aromatic N) is 4. The van der Waals surface area contributed by atoms with Gasteiger partial charge in [-0.3, -0.25) is 9.13 Å². The van der Waals surface area contributed by atoms with Crippen molar-refractivity contribution in [2.45, 2.75) is 13.0 Å². The second kappa shape index (κ2) is 9.88. The van der Waals surface area contributed by atoms with E-state index in [4.69, 9.17) is 9.47 Å². The summed E-state index contributed by atoms with van der Waals surface area (Å²) in [5.74, 6) is -3.63. The lowest BCUT2D eigenvalue weighted by atomic mass is 10.1. The lowest BCUT2D eigenvalue weighted by Crippen LogP contribution is -2.31. The third-order valence-electron chi connectivity index (χ3n) is 5.71. The normalized spacial score (nSPS) is 12.6. The summed E-state index contributed by atoms with van der Waals surface area (Å²) in [7, 11) is -0.778. The van der Waals surface area contributed by atoms with Crippen molar-refractivity contribution in [3.8, 4) is 22.8 Å². The van der Waals surface area contributed by atoms with Crippen LogP contribution in [0.4, 0.5) is 13.2 Å². The number of aromatic nitrogens is 4. The maximum atomic E-state index is 14.4. The van der Waals surface area contributed by atoms with E-state index < -0.39 is 44.8 Å². The minimum Gasteiger partial charge on any atom is -0.491 e. The predicted molar refractivity (Wildman–Crippen MR) is 130 cm³/mol. The molecule has 0 fully saturated rings. The summed E-state index contributed by atoms with van der Waals surface area (Å²) >= 11 is 0. The van der Waals surface area contributed by atoms with Crippen molar-refractivity contribution in [3.05, 3.63) is 70.2 Å². The number of hydrogen-bond donors (Lipinski definition) is 0. The van der Waals surface area contributed by atoms with Crippen LogP contribution in [0.25, 0.3) is 22.3 Å². The van der Waals surface area contributed by atoms with Gasteiger partial charge < -0.3 is 9.47 Å². The lowest BCUT2D eigenvalue weighted by Gasteiger charge is -2.19. The number of methoxy groups -OCH3 is 1. The number of imidazole rings is 1. The molecular weight excluding hydrogens is 513 g/mol. The van der Waals surface area contributed by atoms with Crippen molar-refractivity contribution in [2.24, 2.45) is 7.05 Å². The number of fused-ring (bicyclic) bond motifs is 1. The molecule has 4 aromatic rings. The number of hydrogen-bond acceptors (Lipinski definition) is 7. The quantitative estimate of drug-likeness (QED) is 0.318. The van der Waals surface area contributed by atoms with Crippen molar-refractivity contribution in [1.82, 2.24) is 19.1 Å². The Morgan fingerprint density at radius 3 is 2.43 bits per heavy atom. The van der Waals surface area contributed by atoms with Crippen molar-refractivity contribution in [2.75, 3.05) is 25.7 Å². The predicted octanol–water partition coefficient (Wildman–Crippen LogP) is 3.26. The van der Waals surface area contributed by atoms with Crippen molar-refractivity contribution >= 4 is 21.0 Å². The maximum absolute atomic E-state index is 14.4. The van der Waals surface area contributed by atoms with E-state index in [-0.39, 0.29) is 40.5 Å². The van der Waals surface area contributed by atoms with Crippen molar-refractivity contribution < 1.29 is 31.1 Å². The summed E-state index contributed by atoms with van der Waals surface area (Å²) in [6, 6.07) is 4.48. The molecule has 0 saturated carbocycles. The number of benzene rings is 1.